The van der Waals surface area contributed by atoms with Gasteiger partial charge in [0.15, 0.2) is 0 Å². The maximum Gasteiger partial charge on any atom is 0.0571 e. The van der Waals surface area contributed by atoms with Crippen LogP contribution in [0.15, 0.2) is 53.1 Å². The highest BCUT2D eigenvalue weighted by Gasteiger charge is 2.11. The third kappa shape index (κ3) is 3.40. The van der Waals surface area contributed by atoms with Gasteiger partial charge in [-0.15, -0.1) is 0 Å². The standard InChI is InChI=1S/C15H17BrN2/c1-11(13-6-4-3-5-7-13)18-12(2)15-9-8-14(16)10-17-15/h3-12,18H,1-2H3/t11-,12-/m0/s1. The van der Waals surface area contributed by atoms with Crippen molar-refractivity contribution in [2.24, 2.45) is 0 Å². The summed E-state index contributed by atoms with van der Waals surface area (Å²) in [7, 11) is 0. The number of rotatable bonds is 4. The summed E-state index contributed by atoms with van der Waals surface area (Å²) in [5, 5.41) is 3.55. The number of hydrogen-bond acceptors (Lipinski definition) is 2. The van der Waals surface area contributed by atoms with Crippen molar-refractivity contribution < 1.29 is 0 Å². The van der Waals surface area contributed by atoms with Crippen LogP contribution in [-0.2, 0) is 0 Å². The van der Waals surface area contributed by atoms with Crippen molar-refractivity contribution in [3.63, 3.8) is 0 Å². The summed E-state index contributed by atoms with van der Waals surface area (Å²) in [5.74, 6) is 0. The molecule has 0 aliphatic carbocycles. The molecule has 0 aliphatic rings. The molecule has 0 saturated heterocycles. The first-order chi connectivity index (χ1) is 8.66. The quantitative estimate of drug-likeness (QED) is 0.913. The van der Waals surface area contributed by atoms with Gasteiger partial charge in [-0.2, -0.15) is 0 Å². The molecule has 2 rings (SSSR count). The van der Waals surface area contributed by atoms with Gasteiger partial charge in [0.1, 0.15) is 0 Å². The first-order valence-electron chi connectivity index (χ1n) is 6.09. The van der Waals surface area contributed by atoms with Crippen LogP contribution in [0.4, 0.5) is 0 Å². The van der Waals surface area contributed by atoms with E-state index in [1.165, 1.54) is 5.56 Å². The Morgan fingerprint density at radius 3 is 2.33 bits per heavy atom. The van der Waals surface area contributed by atoms with Crippen molar-refractivity contribution in [2.45, 2.75) is 25.9 Å². The van der Waals surface area contributed by atoms with Crippen LogP contribution < -0.4 is 5.32 Å². The van der Waals surface area contributed by atoms with Crippen molar-refractivity contribution in [3.8, 4) is 0 Å². The van der Waals surface area contributed by atoms with Crippen molar-refractivity contribution in [3.05, 3.63) is 64.4 Å². The molecule has 1 aromatic carbocycles. The third-order valence-corrected chi connectivity index (χ3v) is 3.46. The predicted molar refractivity (Wildman–Crippen MR) is 78.3 cm³/mol. The van der Waals surface area contributed by atoms with Gasteiger partial charge in [-0.25, -0.2) is 0 Å². The van der Waals surface area contributed by atoms with Crippen LogP contribution in [0.3, 0.4) is 0 Å². The zero-order valence-electron chi connectivity index (χ0n) is 10.6. The average molecular weight is 305 g/mol. The minimum absolute atomic E-state index is 0.230. The molecule has 0 unspecified atom stereocenters. The van der Waals surface area contributed by atoms with E-state index in [1.54, 1.807) is 0 Å². The Labute approximate surface area is 117 Å². The number of aromatic nitrogens is 1. The van der Waals surface area contributed by atoms with Gasteiger partial charge < -0.3 is 5.32 Å². The van der Waals surface area contributed by atoms with Crippen molar-refractivity contribution in [2.75, 3.05) is 0 Å². The minimum atomic E-state index is 0.230. The number of halogens is 1. The maximum atomic E-state index is 4.42. The van der Waals surface area contributed by atoms with Gasteiger partial charge in [0.05, 0.1) is 5.69 Å². The molecule has 2 aromatic rings. The third-order valence-electron chi connectivity index (χ3n) is 2.99. The fraction of sp³-hybridized carbons (Fsp3) is 0.267. The molecule has 2 nitrogen and oxygen atoms in total. The molecule has 1 N–H and O–H groups in total. The Morgan fingerprint density at radius 1 is 1.00 bits per heavy atom. The van der Waals surface area contributed by atoms with E-state index < -0.39 is 0 Å². The van der Waals surface area contributed by atoms with Crippen molar-refractivity contribution >= 4 is 15.9 Å². The Balaban J connectivity index is 2.03. The SMILES string of the molecule is C[C@H](N[C@@H](C)c1ccc(Br)cn1)c1ccccc1. The Morgan fingerprint density at radius 2 is 1.72 bits per heavy atom. The topological polar surface area (TPSA) is 24.9 Å². The zero-order valence-corrected chi connectivity index (χ0v) is 12.2. The maximum absolute atomic E-state index is 4.42. The molecule has 1 heterocycles. The summed E-state index contributed by atoms with van der Waals surface area (Å²) in [5.41, 5.74) is 2.35. The molecule has 18 heavy (non-hydrogen) atoms. The van der Waals surface area contributed by atoms with E-state index in [-0.39, 0.29) is 6.04 Å². The molecule has 0 aliphatic heterocycles. The Kier molecular flexibility index (Phi) is 4.50. The molecular formula is C15H17BrN2. The van der Waals surface area contributed by atoms with E-state index in [1.807, 2.05) is 24.4 Å². The van der Waals surface area contributed by atoms with Gasteiger partial charge in [0.25, 0.3) is 0 Å². The van der Waals surface area contributed by atoms with E-state index in [9.17, 15) is 0 Å². The molecule has 0 bridgehead atoms. The van der Waals surface area contributed by atoms with Crippen LogP contribution >= 0.6 is 15.9 Å². The highest BCUT2D eigenvalue weighted by atomic mass is 79.9. The molecule has 0 saturated carbocycles. The summed E-state index contributed by atoms with van der Waals surface area (Å²) in [4.78, 5) is 4.42. The van der Waals surface area contributed by atoms with E-state index >= 15 is 0 Å². The summed E-state index contributed by atoms with van der Waals surface area (Å²) in [6.07, 6.45) is 1.83. The molecule has 0 amide bonds. The number of hydrogen-bond donors (Lipinski definition) is 1. The minimum Gasteiger partial charge on any atom is -0.302 e. The van der Waals surface area contributed by atoms with E-state index in [4.69, 9.17) is 0 Å². The van der Waals surface area contributed by atoms with Gasteiger partial charge in [-0.05, 0) is 47.5 Å². The fourth-order valence-corrected chi connectivity index (χ4v) is 2.18. The van der Waals surface area contributed by atoms with Crippen LogP contribution in [0.5, 0.6) is 0 Å². The molecule has 0 spiro atoms. The fourth-order valence-electron chi connectivity index (χ4n) is 1.94. The largest absolute Gasteiger partial charge is 0.302 e. The summed E-state index contributed by atoms with van der Waals surface area (Å²) < 4.78 is 1.01. The number of nitrogens with one attached hydrogen (secondary N) is 1. The monoisotopic (exact) mass is 304 g/mol. The van der Waals surface area contributed by atoms with E-state index in [2.05, 4.69) is 64.3 Å². The number of nitrogens with zero attached hydrogens (tertiary/aromatic N) is 1. The molecule has 94 valence electrons. The highest BCUT2D eigenvalue weighted by molar-refractivity contribution is 9.10. The molecule has 1 aromatic heterocycles. The summed E-state index contributed by atoms with van der Waals surface area (Å²) in [6.45, 7) is 4.31. The lowest BCUT2D eigenvalue weighted by atomic mass is 10.1. The second kappa shape index (κ2) is 6.12. The molecule has 0 radical (unpaired) electrons. The van der Waals surface area contributed by atoms with Crippen molar-refractivity contribution in [1.82, 2.24) is 10.3 Å². The van der Waals surface area contributed by atoms with Crippen LogP contribution in [0.1, 0.15) is 37.2 Å². The number of pyridine rings is 1. The molecule has 2 atom stereocenters. The van der Waals surface area contributed by atoms with Crippen LogP contribution in [0.25, 0.3) is 0 Å². The molecule has 3 heteroatoms. The van der Waals surface area contributed by atoms with Crippen LogP contribution in [0, 0.1) is 0 Å². The van der Waals surface area contributed by atoms with Crippen LogP contribution in [0.2, 0.25) is 0 Å². The number of benzene rings is 1. The summed E-state index contributed by atoms with van der Waals surface area (Å²) in [6, 6.07) is 15.0. The predicted octanol–water partition coefficient (Wildman–Crippen LogP) is 4.26. The zero-order chi connectivity index (χ0) is 13.0. The first kappa shape index (κ1) is 13.2. The normalized spacial score (nSPS) is 14.2. The summed E-state index contributed by atoms with van der Waals surface area (Å²) >= 11 is 3.40. The van der Waals surface area contributed by atoms with Gasteiger partial charge in [-0.3, -0.25) is 4.98 Å². The average Bonchev–Trinajstić information content (AvgIpc) is 2.40. The van der Waals surface area contributed by atoms with Gasteiger partial charge >= 0.3 is 0 Å². The Hall–Kier alpha value is -1.19. The van der Waals surface area contributed by atoms with Gasteiger partial charge in [0, 0.05) is 22.8 Å². The lowest BCUT2D eigenvalue weighted by Crippen LogP contribution is -2.23. The smallest absolute Gasteiger partial charge is 0.0571 e. The highest BCUT2D eigenvalue weighted by Crippen LogP contribution is 2.18. The Bertz CT molecular complexity index is 482. The van der Waals surface area contributed by atoms with Gasteiger partial charge in [-0.1, -0.05) is 30.3 Å². The molecule has 0 fully saturated rings. The van der Waals surface area contributed by atoms with Crippen LogP contribution in [-0.4, -0.2) is 4.98 Å². The van der Waals surface area contributed by atoms with Gasteiger partial charge in [0.2, 0.25) is 0 Å². The lowest BCUT2D eigenvalue weighted by molar-refractivity contribution is 0.486. The first-order valence-corrected chi connectivity index (χ1v) is 6.88. The van der Waals surface area contributed by atoms with E-state index in [0.29, 0.717) is 6.04 Å². The lowest BCUT2D eigenvalue weighted by Gasteiger charge is -2.20. The molecular weight excluding hydrogens is 288 g/mol. The second-order valence-corrected chi connectivity index (χ2v) is 5.34. The second-order valence-electron chi connectivity index (χ2n) is 4.42. The van der Waals surface area contributed by atoms with Crippen molar-refractivity contribution in [1.29, 1.82) is 0 Å². The van der Waals surface area contributed by atoms with E-state index in [0.717, 1.165) is 10.2 Å².